The fourth-order valence-corrected chi connectivity index (χ4v) is 2.57. The Morgan fingerprint density at radius 1 is 0.963 bits per heavy atom. The summed E-state index contributed by atoms with van der Waals surface area (Å²) in [6.07, 6.45) is 0. The zero-order valence-corrected chi connectivity index (χ0v) is 16.3. The molecule has 2 rings (SSSR count). The number of ether oxygens (including phenoxy) is 2. The van der Waals surface area contributed by atoms with E-state index >= 15 is 0 Å². The fraction of sp³-hybridized carbons (Fsp3) is 0.364. The second kappa shape index (κ2) is 9.76. The van der Waals surface area contributed by atoms with E-state index in [1.807, 2.05) is 64.1 Å². The van der Waals surface area contributed by atoms with Gasteiger partial charge in [-0.15, -0.1) is 0 Å². The molecule has 0 bridgehead atoms. The van der Waals surface area contributed by atoms with Gasteiger partial charge >= 0.3 is 5.97 Å². The van der Waals surface area contributed by atoms with E-state index in [1.54, 1.807) is 12.1 Å². The molecule has 0 saturated carbocycles. The van der Waals surface area contributed by atoms with Gasteiger partial charge in [-0.05, 0) is 43.5 Å². The van der Waals surface area contributed by atoms with Crippen molar-refractivity contribution in [2.45, 2.75) is 33.7 Å². The first-order valence-corrected chi connectivity index (χ1v) is 9.11. The first kappa shape index (κ1) is 20.5. The molecule has 144 valence electrons. The van der Waals surface area contributed by atoms with Crippen molar-refractivity contribution in [1.29, 1.82) is 0 Å². The third-order valence-corrected chi connectivity index (χ3v) is 4.21. The summed E-state index contributed by atoms with van der Waals surface area (Å²) in [6.45, 7) is 7.98. The molecule has 0 heterocycles. The summed E-state index contributed by atoms with van der Waals surface area (Å²) in [5.41, 5.74) is 2.56. The summed E-state index contributed by atoms with van der Waals surface area (Å²) >= 11 is 0. The maximum atomic E-state index is 12.5. The van der Waals surface area contributed by atoms with Crippen molar-refractivity contribution >= 4 is 11.9 Å². The molecule has 0 fully saturated rings. The van der Waals surface area contributed by atoms with Crippen LogP contribution >= 0.6 is 0 Å². The summed E-state index contributed by atoms with van der Waals surface area (Å²) in [6, 6.07) is 14.2. The number of carbonyl (C=O) groups is 2. The van der Waals surface area contributed by atoms with E-state index in [-0.39, 0.29) is 25.0 Å². The van der Waals surface area contributed by atoms with E-state index in [1.165, 1.54) is 0 Å². The van der Waals surface area contributed by atoms with Gasteiger partial charge in [0.2, 0.25) is 0 Å². The number of carbonyl (C=O) groups excluding carboxylic acids is 2. The third kappa shape index (κ3) is 6.13. The highest BCUT2D eigenvalue weighted by Crippen LogP contribution is 2.12. The van der Waals surface area contributed by atoms with Crippen molar-refractivity contribution in [2.24, 2.45) is 5.92 Å². The van der Waals surface area contributed by atoms with Crippen LogP contribution in [-0.4, -0.2) is 31.1 Å². The monoisotopic (exact) mass is 369 g/mol. The minimum Gasteiger partial charge on any atom is -0.490 e. The van der Waals surface area contributed by atoms with Crippen LogP contribution < -0.4 is 10.1 Å². The average Bonchev–Trinajstić information content (AvgIpc) is 2.64. The minimum atomic E-state index is -0.712. The topological polar surface area (TPSA) is 64.6 Å². The van der Waals surface area contributed by atoms with Gasteiger partial charge in [0.05, 0.1) is 0 Å². The Balaban J connectivity index is 1.86. The van der Waals surface area contributed by atoms with Crippen LogP contribution in [0.5, 0.6) is 5.75 Å². The van der Waals surface area contributed by atoms with Gasteiger partial charge in [-0.25, -0.2) is 4.79 Å². The number of benzene rings is 2. The highest BCUT2D eigenvalue weighted by atomic mass is 16.6. The molecule has 2 aromatic rings. The third-order valence-electron chi connectivity index (χ3n) is 4.21. The molecular weight excluding hydrogens is 342 g/mol. The van der Waals surface area contributed by atoms with E-state index in [0.29, 0.717) is 5.56 Å². The lowest BCUT2D eigenvalue weighted by Crippen LogP contribution is -2.45. The fourth-order valence-electron chi connectivity index (χ4n) is 2.57. The first-order chi connectivity index (χ1) is 12.9. The van der Waals surface area contributed by atoms with Gasteiger partial charge in [0, 0.05) is 5.56 Å². The molecule has 5 nitrogen and oxygen atoms in total. The number of nitrogens with one attached hydrogen (secondary N) is 1. The molecule has 1 amide bonds. The standard InChI is InChI=1S/C22H27NO4/c1-15(2)20(23-21(24)19-8-6-5-7-17(19)4)22(25)27-14-13-26-18-11-9-16(3)10-12-18/h5-12,15,20H,13-14H2,1-4H3,(H,23,24)/t20-/m0/s1. The van der Waals surface area contributed by atoms with E-state index in [0.717, 1.165) is 16.9 Å². The lowest BCUT2D eigenvalue weighted by molar-refractivity contribution is -0.147. The molecular formula is C22H27NO4. The predicted octanol–water partition coefficient (Wildman–Crippen LogP) is 3.68. The zero-order valence-electron chi connectivity index (χ0n) is 16.3. The number of aryl methyl sites for hydroxylation is 2. The van der Waals surface area contributed by atoms with Gasteiger partial charge in [0.25, 0.3) is 5.91 Å². The van der Waals surface area contributed by atoms with E-state index in [9.17, 15) is 9.59 Å². The molecule has 0 radical (unpaired) electrons. The average molecular weight is 369 g/mol. The maximum Gasteiger partial charge on any atom is 0.329 e. The van der Waals surface area contributed by atoms with E-state index in [4.69, 9.17) is 9.47 Å². The summed E-state index contributed by atoms with van der Waals surface area (Å²) in [5, 5.41) is 2.78. The summed E-state index contributed by atoms with van der Waals surface area (Å²) in [5.74, 6) is -0.104. The molecule has 0 aliphatic heterocycles. The van der Waals surface area contributed by atoms with Crippen LogP contribution in [0.25, 0.3) is 0 Å². The van der Waals surface area contributed by atoms with Gasteiger partial charge in [0.15, 0.2) is 0 Å². The molecule has 0 aromatic heterocycles. The van der Waals surface area contributed by atoms with Crippen molar-refractivity contribution in [3.05, 3.63) is 65.2 Å². The van der Waals surface area contributed by atoms with Crippen molar-refractivity contribution in [3.8, 4) is 5.75 Å². The maximum absolute atomic E-state index is 12.5. The van der Waals surface area contributed by atoms with Crippen molar-refractivity contribution < 1.29 is 19.1 Å². The van der Waals surface area contributed by atoms with Crippen LogP contribution in [0, 0.1) is 19.8 Å². The number of hydrogen-bond donors (Lipinski definition) is 1. The summed E-state index contributed by atoms with van der Waals surface area (Å²) < 4.78 is 10.9. The number of rotatable bonds is 8. The molecule has 27 heavy (non-hydrogen) atoms. The highest BCUT2D eigenvalue weighted by Gasteiger charge is 2.26. The lowest BCUT2D eigenvalue weighted by Gasteiger charge is -2.21. The molecule has 0 saturated heterocycles. The van der Waals surface area contributed by atoms with Crippen LogP contribution in [0.2, 0.25) is 0 Å². The molecule has 0 aliphatic rings. The number of amides is 1. The second-order valence-electron chi connectivity index (χ2n) is 6.84. The van der Waals surface area contributed by atoms with Crippen molar-refractivity contribution in [3.63, 3.8) is 0 Å². The van der Waals surface area contributed by atoms with Crippen LogP contribution in [0.4, 0.5) is 0 Å². The van der Waals surface area contributed by atoms with E-state index in [2.05, 4.69) is 5.32 Å². The Labute approximate surface area is 160 Å². The largest absolute Gasteiger partial charge is 0.490 e. The molecule has 0 unspecified atom stereocenters. The van der Waals surface area contributed by atoms with Gasteiger partial charge in [0.1, 0.15) is 25.0 Å². The van der Waals surface area contributed by atoms with Crippen LogP contribution in [0.3, 0.4) is 0 Å². The van der Waals surface area contributed by atoms with Gasteiger partial charge < -0.3 is 14.8 Å². The highest BCUT2D eigenvalue weighted by molar-refractivity contribution is 5.98. The zero-order chi connectivity index (χ0) is 19.8. The van der Waals surface area contributed by atoms with Crippen LogP contribution in [0.1, 0.15) is 35.3 Å². The Kier molecular flexibility index (Phi) is 7.41. The molecule has 0 spiro atoms. The second-order valence-corrected chi connectivity index (χ2v) is 6.84. The van der Waals surface area contributed by atoms with Gasteiger partial charge in [-0.3, -0.25) is 4.79 Å². The van der Waals surface area contributed by atoms with Crippen LogP contribution in [0.15, 0.2) is 48.5 Å². The van der Waals surface area contributed by atoms with Gasteiger partial charge in [-0.2, -0.15) is 0 Å². The summed E-state index contributed by atoms with van der Waals surface area (Å²) in [7, 11) is 0. The van der Waals surface area contributed by atoms with Gasteiger partial charge in [-0.1, -0.05) is 49.7 Å². The van der Waals surface area contributed by atoms with Crippen LogP contribution in [-0.2, 0) is 9.53 Å². The SMILES string of the molecule is Cc1ccc(OCCOC(=O)[C@@H](NC(=O)c2ccccc2C)C(C)C)cc1. The Morgan fingerprint density at radius 3 is 2.26 bits per heavy atom. The first-order valence-electron chi connectivity index (χ1n) is 9.11. The number of hydrogen-bond acceptors (Lipinski definition) is 4. The Hall–Kier alpha value is -2.82. The van der Waals surface area contributed by atoms with Crippen molar-refractivity contribution in [1.82, 2.24) is 5.32 Å². The normalized spacial score (nSPS) is 11.7. The molecule has 2 aromatic carbocycles. The quantitative estimate of drug-likeness (QED) is 0.569. The molecule has 1 N–H and O–H groups in total. The molecule has 5 heteroatoms. The molecule has 0 aliphatic carbocycles. The van der Waals surface area contributed by atoms with Crippen molar-refractivity contribution in [2.75, 3.05) is 13.2 Å². The van der Waals surface area contributed by atoms with E-state index < -0.39 is 12.0 Å². The predicted molar refractivity (Wildman–Crippen MR) is 105 cm³/mol. The minimum absolute atomic E-state index is 0.0940. The Morgan fingerprint density at radius 2 is 1.63 bits per heavy atom. The smallest absolute Gasteiger partial charge is 0.329 e. The lowest BCUT2D eigenvalue weighted by atomic mass is 10.0. The molecule has 1 atom stereocenters. The Bertz CT molecular complexity index is 768. The number of esters is 1. The summed E-state index contributed by atoms with van der Waals surface area (Å²) in [4.78, 5) is 24.9.